The van der Waals surface area contributed by atoms with Crippen LogP contribution in [0.1, 0.15) is 25.8 Å². The largest absolute Gasteiger partial charge is 0.497 e. The first-order valence-electron chi connectivity index (χ1n) is 12.2. The molecule has 1 atom stereocenters. The molecule has 0 unspecified atom stereocenters. The molecule has 0 aromatic heterocycles. The fourth-order valence-electron chi connectivity index (χ4n) is 4.06. The molecule has 38 heavy (non-hydrogen) atoms. The number of carbonyl (C=O) groups excluding carboxylic acids is 2. The number of likely N-dealkylation sites (N-methyl/N-ethyl adjacent to an activating group) is 1. The average Bonchev–Trinajstić information content (AvgIpc) is 2.92. The van der Waals surface area contributed by atoms with Crippen molar-refractivity contribution in [2.24, 2.45) is 0 Å². The molecule has 0 fully saturated rings. The van der Waals surface area contributed by atoms with Crippen molar-refractivity contribution in [2.75, 3.05) is 24.5 Å². The van der Waals surface area contributed by atoms with Crippen LogP contribution in [-0.2, 0) is 26.2 Å². The van der Waals surface area contributed by atoms with Crippen molar-refractivity contribution in [3.8, 4) is 5.75 Å². The Morgan fingerprint density at radius 1 is 0.974 bits per heavy atom. The zero-order chi connectivity index (χ0) is 27.7. The Bertz CT molecular complexity index is 1350. The van der Waals surface area contributed by atoms with Crippen LogP contribution in [0.4, 0.5) is 5.69 Å². The van der Waals surface area contributed by atoms with E-state index in [2.05, 4.69) is 5.32 Å². The first kappa shape index (κ1) is 29.0. The maximum Gasteiger partial charge on any atom is 0.264 e. The topological polar surface area (TPSA) is 96.0 Å². The number of nitrogens with zero attached hydrogens (tertiary/aromatic N) is 2. The third kappa shape index (κ3) is 7.05. The van der Waals surface area contributed by atoms with Crippen molar-refractivity contribution >= 4 is 39.1 Å². The van der Waals surface area contributed by atoms with Gasteiger partial charge in [0.15, 0.2) is 0 Å². The molecule has 0 saturated heterocycles. The zero-order valence-corrected chi connectivity index (χ0v) is 23.2. The third-order valence-corrected chi connectivity index (χ3v) is 7.95. The van der Waals surface area contributed by atoms with Crippen LogP contribution in [-0.4, -0.2) is 51.4 Å². The lowest BCUT2D eigenvalue weighted by Crippen LogP contribution is -2.52. The van der Waals surface area contributed by atoms with Gasteiger partial charge in [-0.05, 0) is 61.4 Å². The van der Waals surface area contributed by atoms with E-state index in [0.29, 0.717) is 23.7 Å². The van der Waals surface area contributed by atoms with Gasteiger partial charge in [0.1, 0.15) is 18.3 Å². The van der Waals surface area contributed by atoms with Crippen LogP contribution in [0.5, 0.6) is 5.75 Å². The summed E-state index contributed by atoms with van der Waals surface area (Å²) in [7, 11) is -2.59. The van der Waals surface area contributed by atoms with Gasteiger partial charge in [0.2, 0.25) is 11.8 Å². The first-order valence-corrected chi connectivity index (χ1v) is 14.1. The number of halogens is 1. The van der Waals surface area contributed by atoms with E-state index < -0.39 is 28.5 Å². The van der Waals surface area contributed by atoms with Gasteiger partial charge in [0.25, 0.3) is 10.0 Å². The number of amides is 2. The lowest BCUT2D eigenvalue weighted by molar-refractivity contribution is -0.140. The van der Waals surface area contributed by atoms with Crippen LogP contribution in [0.15, 0.2) is 83.8 Å². The molecule has 0 saturated carbocycles. The summed E-state index contributed by atoms with van der Waals surface area (Å²) in [6.45, 7) is 3.55. The van der Waals surface area contributed by atoms with Gasteiger partial charge in [-0.2, -0.15) is 0 Å². The fourth-order valence-corrected chi connectivity index (χ4v) is 5.67. The van der Waals surface area contributed by atoms with Gasteiger partial charge in [-0.1, -0.05) is 54.9 Å². The van der Waals surface area contributed by atoms with Gasteiger partial charge in [-0.25, -0.2) is 8.42 Å². The smallest absolute Gasteiger partial charge is 0.264 e. The predicted octanol–water partition coefficient (Wildman–Crippen LogP) is 4.49. The van der Waals surface area contributed by atoms with E-state index in [1.165, 1.54) is 23.1 Å². The van der Waals surface area contributed by atoms with E-state index in [9.17, 15) is 18.0 Å². The zero-order valence-electron chi connectivity index (χ0n) is 21.6. The van der Waals surface area contributed by atoms with E-state index in [4.69, 9.17) is 16.3 Å². The number of anilines is 1. The maximum atomic E-state index is 13.9. The number of methoxy groups -OCH3 is 1. The molecule has 0 spiro atoms. The standard InChI is InChI=1S/C28H32ClN3O5S/c1-4-26(28(34)30-5-2)31(19-21-11-9-14-24(17-21)37-3)27(33)20-32(23-13-10-12-22(29)18-23)38(35,36)25-15-7-6-8-16-25/h6-18,26H,4-5,19-20H2,1-3H3,(H,30,34)/t26-/m0/s1. The first-order chi connectivity index (χ1) is 18.2. The van der Waals surface area contributed by atoms with Crippen LogP contribution in [0.2, 0.25) is 5.02 Å². The van der Waals surface area contributed by atoms with Crippen LogP contribution in [0.3, 0.4) is 0 Å². The monoisotopic (exact) mass is 557 g/mol. The molecule has 0 aliphatic rings. The van der Waals surface area contributed by atoms with Crippen molar-refractivity contribution in [1.82, 2.24) is 10.2 Å². The molecule has 10 heteroatoms. The second kappa shape index (κ2) is 13.3. The number of hydrogen-bond donors (Lipinski definition) is 1. The highest BCUT2D eigenvalue weighted by Crippen LogP contribution is 2.27. The quantitative estimate of drug-likeness (QED) is 0.354. The molecule has 0 aliphatic carbocycles. The van der Waals surface area contributed by atoms with Gasteiger partial charge in [0.05, 0.1) is 17.7 Å². The molecular formula is C28H32ClN3O5S. The molecule has 0 aliphatic heterocycles. The van der Waals surface area contributed by atoms with E-state index in [1.54, 1.807) is 75.6 Å². The minimum Gasteiger partial charge on any atom is -0.497 e. The summed E-state index contributed by atoms with van der Waals surface area (Å²) in [6.07, 6.45) is 0.337. The molecule has 1 N–H and O–H groups in total. The minimum absolute atomic E-state index is 0.0305. The highest BCUT2D eigenvalue weighted by Gasteiger charge is 2.33. The van der Waals surface area contributed by atoms with Crippen molar-refractivity contribution in [3.05, 3.63) is 89.4 Å². The minimum atomic E-state index is -4.14. The molecule has 3 aromatic carbocycles. The summed E-state index contributed by atoms with van der Waals surface area (Å²) in [5.41, 5.74) is 0.975. The lowest BCUT2D eigenvalue weighted by Gasteiger charge is -2.33. The van der Waals surface area contributed by atoms with Crippen molar-refractivity contribution in [3.63, 3.8) is 0 Å². The number of rotatable bonds is 12. The number of hydrogen-bond acceptors (Lipinski definition) is 5. The Morgan fingerprint density at radius 2 is 1.68 bits per heavy atom. The number of carbonyl (C=O) groups is 2. The van der Waals surface area contributed by atoms with Gasteiger partial charge in [-0.3, -0.25) is 13.9 Å². The summed E-state index contributed by atoms with van der Waals surface area (Å²) in [4.78, 5) is 28.4. The predicted molar refractivity (Wildman–Crippen MR) is 149 cm³/mol. The van der Waals surface area contributed by atoms with Gasteiger partial charge >= 0.3 is 0 Å². The Hall–Kier alpha value is -3.56. The summed E-state index contributed by atoms with van der Waals surface area (Å²) >= 11 is 6.19. The highest BCUT2D eigenvalue weighted by molar-refractivity contribution is 7.92. The molecule has 202 valence electrons. The third-order valence-electron chi connectivity index (χ3n) is 5.93. The Balaban J connectivity index is 2.06. The van der Waals surface area contributed by atoms with Crippen LogP contribution >= 0.6 is 11.6 Å². The molecular weight excluding hydrogens is 526 g/mol. The Kier molecular flexibility index (Phi) is 10.2. The average molecular weight is 558 g/mol. The molecule has 3 rings (SSSR count). The Labute approximate surface area is 229 Å². The number of sulfonamides is 1. The summed E-state index contributed by atoms with van der Waals surface area (Å²) in [6, 6.07) is 20.5. The second-order valence-corrected chi connectivity index (χ2v) is 10.8. The Morgan fingerprint density at radius 3 is 2.32 bits per heavy atom. The molecule has 3 aromatic rings. The van der Waals surface area contributed by atoms with Crippen molar-refractivity contribution < 1.29 is 22.7 Å². The lowest BCUT2D eigenvalue weighted by atomic mass is 10.1. The molecule has 0 radical (unpaired) electrons. The van der Waals surface area contributed by atoms with Crippen LogP contribution in [0.25, 0.3) is 0 Å². The number of benzene rings is 3. The molecule has 2 amide bonds. The fraction of sp³-hybridized carbons (Fsp3) is 0.286. The van der Waals surface area contributed by atoms with Crippen molar-refractivity contribution in [2.45, 2.75) is 37.8 Å². The summed E-state index contributed by atoms with van der Waals surface area (Å²) in [5, 5.41) is 3.11. The SMILES string of the molecule is CCNC(=O)[C@H](CC)N(Cc1cccc(OC)c1)C(=O)CN(c1cccc(Cl)c1)S(=O)(=O)c1ccccc1. The van der Waals surface area contributed by atoms with Gasteiger partial charge < -0.3 is 15.0 Å². The van der Waals surface area contributed by atoms with E-state index >= 15 is 0 Å². The number of nitrogens with one attached hydrogen (secondary N) is 1. The highest BCUT2D eigenvalue weighted by atomic mass is 35.5. The molecule has 0 bridgehead atoms. The van der Waals surface area contributed by atoms with Gasteiger partial charge in [-0.15, -0.1) is 0 Å². The summed E-state index contributed by atoms with van der Waals surface area (Å²) < 4.78 is 33.8. The molecule has 0 heterocycles. The summed E-state index contributed by atoms with van der Waals surface area (Å²) in [5.74, 6) is -0.245. The van der Waals surface area contributed by atoms with Crippen LogP contribution < -0.4 is 14.4 Å². The van der Waals surface area contributed by atoms with Crippen molar-refractivity contribution in [1.29, 1.82) is 0 Å². The number of ether oxygens (including phenoxy) is 1. The normalized spacial score (nSPS) is 11.9. The van der Waals surface area contributed by atoms with E-state index in [0.717, 1.165) is 9.87 Å². The molecule has 8 nitrogen and oxygen atoms in total. The second-order valence-electron chi connectivity index (χ2n) is 8.50. The van der Waals surface area contributed by atoms with E-state index in [1.807, 2.05) is 6.07 Å². The van der Waals surface area contributed by atoms with Gasteiger partial charge in [0, 0.05) is 18.1 Å². The van der Waals surface area contributed by atoms with Crippen LogP contribution in [0, 0.1) is 0 Å². The maximum absolute atomic E-state index is 13.9. The van der Waals surface area contributed by atoms with E-state index in [-0.39, 0.29) is 23.0 Å².